The molecule has 0 bridgehead atoms. The highest BCUT2D eigenvalue weighted by molar-refractivity contribution is 7.80. The molecule has 1 N–H and O–H groups in total. The Morgan fingerprint density at radius 2 is 2.08 bits per heavy atom. The fourth-order valence-electron chi connectivity index (χ4n) is 3.97. The van der Waals surface area contributed by atoms with Crippen LogP contribution in [-0.2, 0) is 11.2 Å². The molecule has 130 valence electrons. The molecule has 0 unspecified atom stereocenters. The maximum atomic E-state index is 13.3. The van der Waals surface area contributed by atoms with Crippen LogP contribution in [0.1, 0.15) is 17.2 Å². The standard InChI is InChI=1S/C19H21N3O2S/c1-21-12-15(16-8-5-11-24-16)19(13-21)17(23)22(18(25)20-19)10-9-14-6-3-2-4-7-14/h2-8,11,15H,9-10,12-13H2,1H3,(H,20,25)/t15-,19+/m1/s1. The number of benzene rings is 1. The predicted octanol–water partition coefficient (Wildman–Crippen LogP) is 2.01. The number of thiocarbonyl (C=S) groups is 1. The first kappa shape index (κ1) is 16.3. The van der Waals surface area contributed by atoms with Crippen molar-refractivity contribution < 1.29 is 9.21 Å². The molecule has 0 aliphatic carbocycles. The number of nitrogens with zero attached hydrogens (tertiary/aromatic N) is 2. The Balaban J connectivity index is 1.57. The van der Waals surface area contributed by atoms with E-state index in [1.54, 1.807) is 11.2 Å². The number of rotatable bonds is 4. The summed E-state index contributed by atoms with van der Waals surface area (Å²) in [6, 6.07) is 14.0. The molecule has 2 aromatic rings. The van der Waals surface area contributed by atoms with Crippen molar-refractivity contribution in [3.05, 3.63) is 60.1 Å². The van der Waals surface area contributed by atoms with E-state index in [0.29, 0.717) is 18.2 Å². The van der Waals surface area contributed by atoms with E-state index in [4.69, 9.17) is 16.6 Å². The second-order valence-corrected chi connectivity index (χ2v) is 7.25. The van der Waals surface area contributed by atoms with Crippen molar-refractivity contribution in [2.24, 2.45) is 0 Å². The molecule has 3 heterocycles. The molecule has 2 atom stereocenters. The van der Waals surface area contributed by atoms with E-state index < -0.39 is 5.54 Å². The normalized spacial score (nSPS) is 26.6. The van der Waals surface area contributed by atoms with Crippen molar-refractivity contribution in [3.8, 4) is 0 Å². The second kappa shape index (κ2) is 6.28. The number of likely N-dealkylation sites (tertiary alicyclic amines) is 1. The summed E-state index contributed by atoms with van der Waals surface area (Å²) in [4.78, 5) is 17.2. The molecule has 6 heteroatoms. The highest BCUT2D eigenvalue weighted by atomic mass is 32.1. The number of furan rings is 1. The number of likely N-dealkylation sites (N-methyl/N-ethyl adjacent to an activating group) is 1. The lowest BCUT2D eigenvalue weighted by molar-refractivity contribution is -0.131. The van der Waals surface area contributed by atoms with Crippen molar-refractivity contribution in [3.63, 3.8) is 0 Å². The van der Waals surface area contributed by atoms with Gasteiger partial charge in [0.05, 0.1) is 12.2 Å². The highest BCUT2D eigenvalue weighted by Crippen LogP contribution is 2.39. The number of nitrogens with one attached hydrogen (secondary N) is 1. The van der Waals surface area contributed by atoms with Gasteiger partial charge in [-0.25, -0.2) is 0 Å². The molecule has 2 fully saturated rings. The molecule has 0 radical (unpaired) electrons. The Bertz CT molecular complexity index is 777. The lowest BCUT2D eigenvalue weighted by atomic mass is 9.85. The first-order valence-corrected chi connectivity index (χ1v) is 8.91. The van der Waals surface area contributed by atoms with Gasteiger partial charge in [0.2, 0.25) is 0 Å². The van der Waals surface area contributed by atoms with Crippen LogP contribution in [0.4, 0.5) is 0 Å². The SMILES string of the molecule is CN1C[C@H](c2ccco2)[C@]2(C1)NC(=S)N(CCc1ccccc1)C2=O. The van der Waals surface area contributed by atoms with Crippen molar-refractivity contribution in [2.75, 3.05) is 26.7 Å². The Morgan fingerprint density at radius 1 is 1.28 bits per heavy atom. The molecule has 0 saturated carbocycles. The highest BCUT2D eigenvalue weighted by Gasteiger charge is 2.59. The molecule has 2 aliphatic rings. The van der Waals surface area contributed by atoms with E-state index in [1.807, 2.05) is 37.4 Å². The summed E-state index contributed by atoms with van der Waals surface area (Å²) in [6.45, 7) is 1.98. The zero-order chi connectivity index (χ0) is 17.4. The van der Waals surface area contributed by atoms with E-state index in [0.717, 1.165) is 18.7 Å². The number of hydrogen-bond acceptors (Lipinski definition) is 4. The van der Waals surface area contributed by atoms with Crippen molar-refractivity contribution >= 4 is 23.2 Å². The number of amides is 1. The minimum absolute atomic E-state index is 0.0420. The summed E-state index contributed by atoms with van der Waals surface area (Å²) >= 11 is 5.51. The van der Waals surface area contributed by atoms with Crippen LogP contribution >= 0.6 is 12.2 Å². The largest absolute Gasteiger partial charge is 0.469 e. The number of hydrogen-bond donors (Lipinski definition) is 1. The molecule has 1 spiro atoms. The Labute approximate surface area is 152 Å². The van der Waals surface area contributed by atoms with E-state index >= 15 is 0 Å². The first-order chi connectivity index (χ1) is 12.1. The summed E-state index contributed by atoms with van der Waals surface area (Å²) in [5.41, 5.74) is 0.477. The van der Waals surface area contributed by atoms with Crippen molar-refractivity contribution in [1.82, 2.24) is 15.1 Å². The molecule has 1 aromatic heterocycles. The van der Waals surface area contributed by atoms with Gasteiger partial charge in [0.25, 0.3) is 5.91 Å². The van der Waals surface area contributed by atoms with Gasteiger partial charge < -0.3 is 14.6 Å². The smallest absolute Gasteiger partial charge is 0.256 e. The van der Waals surface area contributed by atoms with Crippen LogP contribution < -0.4 is 5.32 Å². The first-order valence-electron chi connectivity index (χ1n) is 8.50. The molecule has 2 aliphatic heterocycles. The molecular weight excluding hydrogens is 334 g/mol. The van der Waals surface area contributed by atoms with Crippen molar-refractivity contribution in [2.45, 2.75) is 17.9 Å². The van der Waals surface area contributed by atoms with Gasteiger partial charge in [-0.2, -0.15) is 0 Å². The van der Waals surface area contributed by atoms with E-state index in [-0.39, 0.29) is 11.8 Å². The predicted molar refractivity (Wildman–Crippen MR) is 99.3 cm³/mol. The summed E-state index contributed by atoms with van der Waals surface area (Å²) in [7, 11) is 2.02. The average molecular weight is 355 g/mol. The van der Waals surface area contributed by atoms with Crippen LogP contribution in [0.15, 0.2) is 53.1 Å². The fraction of sp³-hybridized carbons (Fsp3) is 0.368. The van der Waals surface area contributed by atoms with Crippen LogP contribution in [-0.4, -0.2) is 53.0 Å². The topological polar surface area (TPSA) is 48.7 Å². The fourth-order valence-corrected chi connectivity index (χ4v) is 4.32. The molecule has 1 amide bonds. The van der Waals surface area contributed by atoms with Gasteiger partial charge in [-0.3, -0.25) is 9.69 Å². The Kier molecular flexibility index (Phi) is 4.09. The Morgan fingerprint density at radius 3 is 2.80 bits per heavy atom. The number of carbonyl (C=O) groups is 1. The van der Waals surface area contributed by atoms with Crippen LogP contribution in [0.3, 0.4) is 0 Å². The van der Waals surface area contributed by atoms with Crippen LogP contribution in [0.5, 0.6) is 0 Å². The van der Waals surface area contributed by atoms with Gasteiger partial charge in [0, 0.05) is 19.6 Å². The Hall–Kier alpha value is -2.18. The van der Waals surface area contributed by atoms with E-state index in [1.165, 1.54) is 5.56 Å². The van der Waals surface area contributed by atoms with Gasteiger partial charge in [0.15, 0.2) is 5.11 Å². The molecule has 25 heavy (non-hydrogen) atoms. The van der Waals surface area contributed by atoms with Gasteiger partial charge in [-0.15, -0.1) is 0 Å². The molecule has 1 aromatic carbocycles. The van der Waals surface area contributed by atoms with Crippen LogP contribution in [0.2, 0.25) is 0 Å². The lowest BCUT2D eigenvalue weighted by Crippen LogP contribution is -2.52. The molecule has 2 saturated heterocycles. The molecule has 4 rings (SSSR count). The third-order valence-electron chi connectivity index (χ3n) is 5.16. The number of carbonyl (C=O) groups excluding carboxylic acids is 1. The van der Waals surface area contributed by atoms with Crippen LogP contribution in [0, 0.1) is 0 Å². The quantitative estimate of drug-likeness (QED) is 0.850. The molecule has 5 nitrogen and oxygen atoms in total. The van der Waals surface area contributed by atoms with Gasteiger partial charge in [-0.1, -0.05) is 30.3 Å². The summed E-state index contributed by atoms with van der Waals surface area (Å²) < 4.78 is 5.62. The van der Waals surface area contributed by atoms with E-state index in [9.17, 15) is 4.79 Å². The lowest BCUT2D eigenvalue weighted by Gasteiger charge is -2.26. The van der Waals surface area contributed by atoms with Crippen molar-refractivity contribution in [1.29, 1.82) is 0 Å². The van der Waals surface area contributed by atoms with Crippen LogP contribution in [0.25, 0.3) is 0 Å². The van der Waals surface area contributed by atoms with Gasteiger partial charge in [0.1, 0.15) is 11.3 Å². The maximum Gasteiger partial charge on any atom is 0.256 e. The zero-order valence-electron chi connectivity index (χ0n) is 14.1. The maximum absolute atomic E-state index is 13.3. The summed E-state index contributed by atoms with van der Waals surface area (Å²) in [6.07, 6.45) is 2.44. The molecular formula is C19H21N3O2S. The van der Waals surface area contributed by atoms with Gasteiger partial charge in [-0.05, 0) is 43.4 Å². The minimum Gasteiger partial charge on any atom is -0.469 e. The minimum atomic E-state index is -0.722. The van der Waals surface area contributed by atoms with E-state index in [2.05, 4.69) is 22.3 Å². The zero-order valence-corrected chi connectivity index (χ0v) is 15.0. The van der Waals surface area contributed by atoms with Gasteiger partial charge >= 0.3 is 0 Å². The summed E-state index contributed by atoms with van der Waals surface area (Å²) in [5, 5.41) is 3.86. The second-order valence-electron chi connectivity index (χ2n) is 6.86. The third kappa shape index (κ3) is 2.75. The summed E-state index contributed by atoms with van der Waals surface area (Å²) in [5.74, 6) is 0.844. The average Bonchev–Trinajstić information content (AvgIpc) is 3.28. The third-order valence-corrected chi connectivity index (χ3v) is 5.49. The monoisotopic (exact) mass is 355 g/mol.